The maximum absolute atomic E-state index is 12.8. The highest BCUT2D eigenvalue weighted by Gasteiger charge is 2.31. The monoisotopic (exact) mass is 341 g/mol. The van der Waals surface area contributed by atoms with Crippen LogP contribution in [0.3, 0.4) is 0 Å². The van der Waals surface area contributed by atoms with Crippen LogP contribution in [0, 0.1) is 0 Å². The fourth-order valence-corrected chi connectivity index (χ4v) is 2.55. The first-order chi connectivity index (χ1) is 11.9. The number of anilines is 1. The summed E-state index contributed by atoms with van der Waals surface area (Å²) in [7, 11) is 1.32. The van der Waals surface area contributed by atoms with E-state index in [-0.39, 0.29) is 12.7 Å². The van der Waals surface area contributed by atoms with E-state index >= 15 is 0 Å². The topological polar surface area (TPSA) is 73.9 Å². The molecule has 0 bridgehead atoms. The van der Waals surface area contributed by atoms with Crippen LogP contribution in [0.25, 0.3) is 0 Å². The summed E-state index contributed by atoms with van der Waals surface area (Å²) >= 11 is 0. The predicted octanol–water partition coefficient (Wildman–Crippen LogP) is 3.12. The number of ether oxygens (including phenoxy) is 3. The zero-order chi connectivity index (χ0) is 18.0. The van der Waals surface area contributed by atoms with E-state index in [1.807, 2.05) is 26.0 Å². The summed E-state index contributed by atoms with van der Waals surface area (Å²) in [5.41, 5.74) is 0.906. The Morgan fingerprint density at radius 1 is 1.08 bits per heavy atom. The zero-order valence-corrected chi connectivity index (χ0v) is 14.3. The van der Waals surface area contributed by atoms with Gasteiger partial charge in [-0.25, -0.2) is 4.79 Å². The molecule has 1 amide bonds. The maximum Gasteiger partial charge on any atom is 0.337 e. The van der Waals surface area contributed by atoms with Crippen molar-refractivity contribution in [1.29, 1.82) is 0 Å². The van der Waals surface area contributed by atoms with Gasteiger partial charge in [-0.3, -0.25) is 4.79 Å². The van der Waals surface area contributed by atoms with Crippen LogP contribution in [0.4, 0.5) is 5.69 Å². The molecule has 0 radical (unpaired) electrons. The van der Waals surface area contributed by atoms with Gasteiger partial charge in [-0.15, -0.1) is 0 Å². The summed E-state index contributed by atoms with van der Waals surface area (Å²) in [6.45, 7) is 3.83. The number of esters is 1. The van der Waals surface area contributed by atoms with Gasteiger partial charge < -0.3 is 19.5 Å². The molecular formula is C19H19NO5. The number of methoxy groups -OCH3 is 1. The first-order valence-corrected chi connectivity index (χ1v) is 7.82. The number of nitrogens with one attached hydrogen (secondary N) is 1. The van der Waals surface area contributed by atoms with Crippen LogP contribution < -0.4 is 14.8 Å². The van der Waals surface area contributed by atoms with E-state index in [0.717, 1.165) is 5.56 Å². The average Bonchev–Trinajstić information content (AvgIpc) is 3.08. The van der Waals surface area contributed by atoms with E-state index in [0.29, 0.717) is 22.7 Å². The quantitative estimate of drug-likeness (QED) is 0.865. The predicted molar refractivity (Wildman–Crippen MR) is 92.0 cm³/mol. The highest BCUT2D eigenvalue weighted by atomic mass is 16.7. The minimum atomic E-state index is -0.803. The first kappa shape index (κ1) is 16.8. The van der Waals surface area contributed by atoms with Crippen molar-refractivity contribution in [2.75, 3.05) is 19.2 Å². The summed E-state index contributed by atoms with van der Waals surface area (Å²) in [4.78, 5) is 24.4. The van der Waals surface area contributed by atoms with E-state index in [1.54, 1.807) is 30.3 Å². The van der Waals surface area contributed by atoms with Crippen molar-refractivity contribution in [3.63, 3.8) is 0 Å². The Kier molecular flexibility index (Phi) is 4.35. The molecule has 0 fully saturated rings. The van der Waals surface area contributed by atoms with Gasteiger partial charge in [0.25, 0.3) is 0 Å². The molecule has 1 aliphatic heterocycles. The smallest absolute Gasteiger partial charge is 0.337 e. The molecule has 1 heterocycles. The lowest BCUT2D eigenvalue weighted by Crippen LogP contribution is -2.34. The zero-order valence-electron chi connectivity index (χ0n) is 14.3. The lowest BCUT2D eigenvalue weighted by Gasteiger charge is -2.24. The van der Waals surface area contributed by atoms with Crippen molar-refractivity contribution in [2.24, 2.45) is 0 Å². The Morgan fingerprint density at radius 3 is 2.60 bits per heavy atom. The Labute approximate surface area is 145 Å². The van der Waals surface area contributed by atoms with E-state index in [4.69, 9.17) is 14.2 Å². The van der Waals surface area contributed by atoms with Crippen LogP contribution in [0.2, 0.25) is 0 Å². The van der Waals surface area contributed by atoms with E-state index in [2.05, 4.69) is 5.32 Å². The molecule has 0 unspecified atom stereocenters. The highest BCUT2D eigenvalue weighted by molar-refractivity contribution is 5.99. The second-order valence-electron chi connectivity index (χ2n) is 6.22. The van der Waals surface area contributed by atoms with Crippen LogP contribution in [0.5, 0.6) is 11.5 Å². The van der Waals surface area contributed by atoms with Gasteiger partial charge in [0.2, 0.25) is 12.7 Å². The lowest BCUT2D eigenvalue weighted by molar-refractivity contribution is -0.120. The van der Waals surface area contributed by atoms with Crippen LogP contribution in [0.15, 0.2) is 42.5 Å². The molecule has 2 aromatic rings. The summed E-state index contributed by atoms with van der Waals surface area (Å²) in [6.07, 6.45) is 0. The van der Waals surface area contributed by atoms with Crippen LogP contribution >= 0.6 is 0 Å². The van der Waals surface area contributed by atoms with E-state index in [9.17, 15) is 9.59 Å². The molecule has 6 heteroatoms. The number of carbonyl (C=O) groups excluding carboxylic acids is 2. The molecule has 1 aliphatic rings. The molecule has 0 aliphatic carbocycles. The fraction of sp³-hybridized carbons (Fsp3) is 0.263. The molecular weight excluding hydrogens is 322 g/mol. The van der Waals surface area contributed by atoms with E-state index < -0.39 is 11.4 Å². The molecule has 0 saturated carbocycles. The van der Waals surface area contributed by atoms with Gasteiger partial charge in [-0.1, -0.05) is 12.1 Å². The second-order valence-corrected chi connectivity index (χ2v) is 6.22. The first-order valence-electron chi connectivity index (χ1n) is 7.82. The van der Waals surface area contributed by atoms with Crippen molar-refractivity contribution >= 4 is 17.6 Å². The maximum atomic E-state index is 12.8. The molecule has 130 valence electrons. The molecule has 6 nitrogen and oxygen atoms in total. The van der Waals surface area contributed by atoms with Gasteiger partial charge in [0, 0.05) is 5.69 Å². The molecule has 3 rings (SSSR count). The summed E-state index contributed by atoms with van der Waals surface area (Å²) in [6, 6.07) is 12.1. The van der Waals surface area contributed by atoms with Crippen molar-refractivity contribution < 1.29 is 23.8 Å². The van der Waals surface area contributed by atoms with Gasteiger partial charge in [0.15, 0.2) is 11.5 Å². The number of carbonyl (C=O) groups is 2. The third-order valence-electron chi connectivity index (χ3n) is 4.20. The molecule has 1 N–H and O–H groups in total. The molecule has 25 heavy (non-hydrogen) atoms. The summed E-state index contributed by atoms with van der Waals surface area (Å²) in [5, 5.41) is 2.85. The SMILES string of the molecule is COC(=O)c1cccc(NC(=O)C(C)(C)c2ccc3c(c2)OCO3)c1. The summed E-state index contributed by atoms with van der Waals surface area (Å²) < 4.78 is 15.4. The van der Waals surface area contributed by atoms with Crippen LogP contribution in [0.1, 0.15) is 29.8 Å². The van der Waals surface area contributed by atoms with Crippen molar-refractivity contribution in [2.45, 2.75) is 19.3 Å². The minimum Gasteiger partial charge on any atom is -0.465 e. The lowest BCUT2D eigenvalue weighted by atomic mass is 9.83. The molecule has 0 aromatic heterocycles. The molecule has 2 aromatic carbocycles. The number of fused-ring (bicyclic) bond motifs is 1. The highest BCUT2D eigenvalue weighted by Crippen LogP contribution is 2.36. The Morgan fingerprint density at radius 2 is 1.84 bits per heavy atom. The van der Waals surface area contributed by atoms with Crippen molar-refractivity contribution in [1.82, 2.24) is 0 Å². The van der Waals surface area contributed by atoms with Gasteiger partial charge in [0.1, 0.15) is 0 Å². The Hall–Kier alpha value is -3.02. The van der Waals surface area contributed by atoms with Crippen molar-refractivity contribution in [3.05, 3.63) is 53.6 Å². The normalized spacial score (nSPS) is 12.6. The second kappa shape index (κ2) is 6.47. The van der Waals surface area contributed by atoms with Crippen LogP contribution in [-0.4, -0.2) is 25.8 Å². The average molecular weight is 341 g/mol. The standard InChI is InChI=1S/C19H19NO5/c1-19(2,13-7-8-15-16(10-13)25-11-24-15)18(22)20-14-6-4-5-12(9-14)17(21)23-3/h4-10H,11H2,1-3H3,(H,20,22). The molecule has 0 spiro atoms. The largest absolute Gasteiger partial charge is 0.465 e. The number of hydrogen-bond donors (Lipinski definition) is 1. The number of amides is 1. The third kappa shape index (κ3) is 3.28. The number of hydrogen-bond acceptors (Lipinski definition) is 5. The summed E-state index contributed by atoms with van der Waals surface area (Å²) in [5.74, 6) is 0.649. The van der Waals surface area contributed by atoms with Gasteiger partial charge >= 0.3 is 5.97 Å². The minimum absolute atomic E-state index is 0.186. The molecule has 0 atom stereocenters. The van der Waals surface area contributed by atoms with Gasteiger partial charge in [0.05, 0.1) is 18.1 Å². The van der Waals surface area contributed by atoms with Gasteiger partial charge in [-0.2, -0.15) is 0 Å². The van der Waals surface area contributed by atoms with E-state index in [1.165, 1.54) is 7.11 Å². The fourth-order valence-electron chi connectivity index (χ4n) is 2.55. The Balaban J connectivity index is 1.81. The number of benzene rings is 2. The molecule has 0 saturated heterocycles. The van der Waals surface area contributed by atoms with Crippen molar-refractivity contribution in [3.8, 4) is 11.5 Å². The number of rotatable bonds is 4. The van der Waals surface area contributed by atoms with Crippen LogP contribution in [-0.2, 0) is 14.9 Å². The Bertz CT molecular complexity index is 828. The van der Waals surface area contributed by atoms with Gasteiger partial charge in [-0.05, 0) is 49.7 Å². The third-order valence-corrected chi connectivity index (χ3v) is 4.20.